The summed E-state index contributed by atoms with van der Waals surface area (Å²) in [5.74, 6) is -1.60. The Kier molecular flexibility index (Phi) is 6.98. The van der Waals surface area contributed by atoms with Gasteiger partial charge in [-0.3, -0.25) is 9.67 Å². The fourth-order valence-corrected chi connectivity index (χ4v) is 4.00. The summed E-state index contributed by atoms with van der Waals surface area (Å²) >= 11 is 0. The minimum absolute atomic E-state index is 0.0338. The van der Waals surface area contributed by atoms with Gasteiger partial charge in [-0.05, 0) is 49.6 Å². The van der Waals surface area contributed by atoms with Crippen molar-refractivity contribution < 1.29 is 13.9 Å². The normalized spacial score (nSPS) is 13.3. The van der Waals surface area contributed by atoms with Gasteiger partial charge >= 0.3 is 0 Å². The van der Waals surface area contributed by atoms with Crippen LogP contribution >= 0.6 is 0 Å². The predicted octanol–water partition coefficient (Wildman–Crippen LogP) is 5.04. The standard InChI is InChI=1S/C26H28F2N6O/c1-14(2)18-10-22(25-19(27)7-6-8-20(25)28)31-32-26(18)17(5)23-11-29-12-24(30-23)21-9-15(3)34(33-21)13-16(4)35/h6-12,14,16-17,35H,13H2,1-5H3/t16-,17?/m0/s1. The Bertz CT molecular complexity index is 1330. The van der Waals surface area contributed by atoms with Gasteiger partial charge in [-0.1, -0.05) is 26.8 Å². The molecule has 4 aromatic rings. The zero-order valence-corrected chi connectivity index (χ0v) is 20.4. The van der Waals surface area contributed by atoms with Crippen LogP contribution in [0, 0.1) is 18.6 Å². The Morgan fingerprint density at radius 2 is 1.66 bits per heavy atom. The highest BCUT2D eigenvalue weighted by Crippen LogP contribution is 2.32. The summed E-state index contributed by atoms with van der Waals surface area (Å²) in [6.07, 6.45) is 2.79. The van der Waals surface area contributed by atoms with Crippen LogP contribution in [0.1, 0.15) is 62.2 Å². The maximum absolute atomic E-state index is 14.4. The third kappa shape index (κ3) is 5.09. The van der Waals surface area contributed by atoms with Crippen LogP contribution in [0.2, 0.25) is 0 Å². The molecule has 2 atom stereocenters. The number of rotatable bonds is 7. The predicted molar refractivity (Wildman–Crippen MR) is 129 cm³/mol. The van der Waals surface area contributed by atoms with E-state index in [1.807, 2.05) is 33.8 Å². The molecule has 0 bridgehead atoms. The maximum atomic E-state index is 14.4. The lowest BCUT2D eigenvalue weighted by Crippen LogP contribution is -2.14. The van der Waals surface area contributed by atoms with Gasteiger partial charge in [0.25, 0.3) is 0 Å². The minimum Gasteiger partial charge on any atom is -0.391 e. The van der Waals surface area contributed by atoms with E-state index in [9.17, 15) is 13.9 Å². The van der Waals surface area contributed by atoms with E-state index in [4.69, 9.17) is 4.98 Å². The second-order valence-corrected chi connectivity index (χ2v) is 9.07. The zero-order chi connectivity index (χ0) is 25.3. The second kappa shape index (κ2) is 9.95. The fraction of sp³-hybridized carbons (Fsp3) is 0.346. The van der Waals surface area contributed by atoms with Gasteiger partial charge in [0, 0.05) is 17.8 Å². The van der Waals surface area contributed by atoms with Crippen molar-refractivity contribution in [3.05, 3.63) is 77.0 Å². The van der Waals surface area contributed by atoms with Crippen LogP contribution < -0.4 is 0 Å². The van der Waals surface area contributed by atoms with Gasteiger partial charge in [0.15, 0.2) is 0 Å². The second-order valence-electron chi connectivity index (χ2n) is 9.07. The monoisotopic (exact) mass is 478 g/mol. The van der Waals surface area contributed by atoms with Gasteiger partial charge in [-0.25, -0.2) is 13.8 Å². The van der Waals surface area contributed by atoms with E-state index < -0.39 is 17.7 Å². The lowest BCUT2D eigenvalue weighted by atomic mass is 9.92. The summed E-state index contributed by atoms with van der Waals surface area (Å²) in [5, 5.41) is 22.8. The number of hydrogen-bond acceptors (Lipinski definition) is 6. The van der Waals surface area contributed by atoms with Crippen LogP contribution in [0.3, 0.4) is 0 Å². The summed E-state index contributed by atoms with van der Waals surface area (Å²) in [6.45, 7) is 9.95. The van der Waals surface area contributed by atoms with E-state index in [2.05, 4.69) is 20.3 Å². The highest BCUT2D eigenvalue weighted by molar-refractivity contribution is 5.61. The van der Waals surface area contributed by atoms with Gasteiger partial charge < -0.3 is 5.11 Å². The van der Waals surface area contributed by atoms with E-state index in [1.54, 1.807) is 30.1 Å². The highest BCUT2D eigenvalue weighted by Gasteiger charge is 2.23. The lowest BCUT2D eigenvalue weighted by molar-refractivity contribution is 0.167. The summed E-state index contributed by atoms with van der Waals surface area (Å²) in [7, 11) is 0. The van der Waals surface area contributed by atoms with Crippen molar-refractivity contribution in [1.29, 1.82) is 0 Å². The molecular formula is C26H28F2N6O. The van der Waals surface area contributed by atoms with Gasteiger partial charge in [0.1, 0.15) is 23.0 Å². The molecule has 3 aromatic heterocycles. The summed E-state index contributed by atoms with van der Waals surface area (Å²) < 4.78 is 30.4. The summed E-state index contributed by atoms with van der Waals surface area (Å²) in [6, 6.07) is 7.33. The molecule has 0 aliphatic carbocycles. The Labute approximate surface area is 202 Å². The number of aliphatic hydroxyl groups excluding tert-OH is 1. The van der Waals surface area contributed by atoms with Crippen molar-refractivity contribution in [3.63, 3.8) is 0 Å². The molecule has 0 fully saturated rings. The molecule has 35 heavy (non-hydrogen) atoms. The number of benzene rings is 1. The molecule has 0 saturated heterocycles. The number of nitrogens with zero attached hydrogens (tertiary/aromatic N) is 6. The molecule has 0 amide bonds. The van der Waals surface area contributed by atoms with Crippen LogP contribution in [0.15, 0.2) is 42.7 Å². The van der Waals surface area contributed by atoms with Crippen molar-refractivity contribution in [2.24, 2.45) is 0 Å². The van der Waals surface area contributed by atoms with Gasteiger partial charge in [0.05, 0.1) is 41.5 Å². The Hall–Kier alpha value is -3.59. The fourth-order valence-electron chi connectivity index (χ4n) is 4.00. The molecule has 0 spiro atoms. The minimum atomic E-state index is -0.682. The average Bonchev–Trinajstić information content (AvgIpc) is 3.18. The number of aliphatic hydroxyl groups is 1. The van der Waals surface area contributed by atoms with Crippen molar-refractivity contribution in [3.8, 4) is 22.6 Å². The number of aryl methyl sites for hydroxylation is 1. The smallest absolute Gasteiger partial charge is 0.135 e. The molecule has 1 unspecified atom stereocenters. The lowest BCUT2D eigenvalue weighted by Gasteiger charge is -2.18. The van der Waals surface area contributed by atoms with Crippen LogP contribution in [-0.4, -0.2) is 41.2 Å². The first-order chi connectivity index (χ1) is 16.7. The molecule has 182 valence electrons. The van der Waals surface area contributed by atoms with E-state index in [-0.39, 0.29) is 23.1 Å². The molecule has 1 aromatic carbocycles. The maximum Gasteiger partial charge on any atom is 0.135 e. The van der Waals surface area contributed by atoms with E-state index in [0.717, 1.165) is 11.3 Å². The number of halogens is 2. The molecule has 7 nitrogen and oxygen atoms in total. The first-order valence-electron chi connectivity index (χ1n) is 11.5. The third-order valence-electron chi connectivity index (χ3n) is 5.88. The zero-order valence-electron chi connectivity index (χ0n) is 20.4. The highest BCUT2D eigenvalue weighted by atomic mass is 19.1. The quantitative estimate of drug-likeness (QED) is 0.400. The average molecular weight is 479 g/mol. The molecule has 1 N–H and O–H groups in total. The Balaban J connectivity index is 1.71. The number of aromatic nitrogens is 6. The van der Waals surface area contributed by atoms with Gasteiger partial charge in [-0.2, -0.15) is 15.3 Å². The van der Waals surface area contributed by atoms with E-state index >= 15 is 0 Å². The number of hydrogen-bond donors (Lipinski definition) is 1. The Morgan fingerprint density at radius 3 is 2.31 bits per heavy atom. The summed E-state index contributed by atoms with van der Waals surface area (Å²) in [4.78, 5) is 9.14. The van der Waals surface area contributed by atoms with E-state index in [1.165, 1.54) is 18.2 Å². The molecule has 3 heterocycles. The first-order valence-corrected chi connectivity index (χ1v) is 11.5. The van der Waals surface area contributed by atoms with Crippen molar-refractivity contribution in [2.75, 3.05) is 0 Å². The van der Waals surface area contributed by atoms with Crippen LogP contribution in [0.25, 0.3) is 22.6 Å². The molecular weight excluding hydrogens is 450 g/mol. The summed E-state index contributed by atoms with van der Waals surface area (Å²) in [5.41, 5.74) is 4.30. The van der Waals surface area contributed by atoms with Crippen LogP contribution in [0.5, 0.6) is 0 Å². The molecule has 9 heteroatoms. The molecule has 0 radical (unpaired) electrons. The largest absolute Gasteiger partial charge is 0.391 e. The molecule has 0 aliphatic rings. The molecule has 4 rings (SSSR count). The Morgan fingerprint density at radius 1 is 0.943 bits per heavy atom. The van der Waals surface area contributed by atoms with Gasteiger partial charge in [0.2, 0.25) is 0 Å². The first kappa shape index (κ1) is 24.5. The SMILES string of the molecule is Cc1cc(-c2cncc(C(C)c3nnc(-c4c(F)cccc4F)cc3C(C)C)n2)nn1C[C@H](C)O. The third-order valence-corrected chi connectivity index (χ3v) is 5.88. The topological polar surface area (TPSA) is 89.6 Å². The van der Waals surface area contributed by atoms with Crippen molar-refractivity contribution in [2.45, 2.75) is 59.1 Å². The van der Waals surface area contributed by atoms with Crippen LogP contribution in [-0.2, 0) is 6.54 Å². The molecule has 0 saturated carbocycles. The molecule has 0 aliphatic heterocycles. The van der Waals surface area contributed by atoms with Crippen molar-refractivity contribution >= 4 is 0 Å². The van der Waals surface area contributed by atoms with Crippen LogP contribution in [0.4, 0.5) is 8.78 Å². The van der Waals surface area contributed by atoms with E-state index in [0.29, 0.717) is 29.3 Å². The van der Waals surface area contributed by atoms with Gasteiger partial charge in [-0.15, -0.1) is 0 Å². The van der Waals surface area contributed by atoms with Crippen molar-refractivity contribution in [1.82, 2.24) is 29.9 Å².